The molecule has 0 bridgehead atoms. The van der Waals surface area contributed by atoms with Gasteiger partial charge >= 0.3 is 5.97 Å². The molecule has 0 unspecified atom stereocenters. The van der Waals surface area contributed by atoms with Gasteiger partial charge in [0.2, 0.25) is 5.78 Å². The number of benzene rings is 1. The summed E-state index contributed by atoms with van der Waals surface area (Å²) in [5.74, 6) is -1.25. The molecular formula is C17H18ClFN2O3. The fourth-order valence-corrected chi connectivity index (χ4v) is 2.70. The number of H-pyrrole nitrogens is 1. The molecule has 0 fully saturated rings. The van der Waals surface area contributed by atoms with Gasteiger partial charge in [-0.2, -0.15) is 0 Å². The molecule has 0 saturated heterocycles. The SMILES string of the molecule is COC(=O)c1c(C)[nH]c(C(=O)[C@H](C)Nc2ccc(F)c(Cl)c2)c1C. The maximum absolute atomic E-state index is 13.2. The molecule has 24 heavy (non-hydrogen) atoms. The van der Waals surface area contributed by atoms with Gasteiger partial charge in [-0.15, -0.1) is 0 Å². The highest BCUT2D eigenvalue weighted by atomic mass is 35.5. The number of halogens is 2. The molecule has 1 atom stereocenters. The fourth-order valence-electron chi connectivity index (χ4n) is 2.52. The molecule has 2 rings (SSSR count). The average molecular weight is 353 g/mol. The predicted octanol–water partition coefficient (Wildman–Crippen LogP) is 3.89. The number of ketones is 1. The van der Waals surface area contributed by atoms with Crippen LogP contribution in [0.2, 0.25) is 5.02 Å². The van der Waals surface area contributed by atoms with Crippen LogP contribution >= 0.6 is 11.6 Å². The van der Waals surface area contributed by atoms with Crippen molar-refractivity contribution in [2.45, 2.75) is 26.8 Å². The lowest BCUT2D eigenvalue weighted by atomic mass is 10.0. The van der Waals surface area contributed by atoms with Crippen molar-refractivity contribution in [1.29, 1.82) is 0 Å². The number of anilines is 1. The van der Waals surface area contributed by atoms with E-state index in [0.29, 0.717) is 28.2 Å². The number of ether oxygens (including phenoxy) is 1. The lowest BCUT2D eigenvalue weighted by Crippen LogP contribution is -2.27. The normalized spacial score (nSPS) is 11.9. The van der Waals surface area contributed by atoms with Crippen LogP contribution in [-0.4, -0.2) is 29.9 Å². The van der Waals surface area contributed by atoms with Gasteiger partial charge in [-0.3, -0.25) is 4.79 Å². The first-order chi connectivity index (χ1) is 11.3. The third-order valence-electron chi connectivity index (χ3n) is 3.77. The van der Waals surface area contributed by atoms with Crippen molar-refractivity contribution < 1.29 is 18.7 Å². The minimum Gasteiger partial charge on any atom is -0.465 e. The van der Waals surface area contributed by atoms with Gasteiger partial charge in [0.15, 0.2) is 0 Å². The number of aryl methyl sites for hydroxylation is 1. The quantitative estimate of drug-likeness (QED) is 0.632. The summed E-state index contributed by atoms with van der Waals surface area (Å²) in [5.41, 5.74) is 2.32. The molecular weight excluding hydrogens is 335 g/mol. The Labute approximate surface area is 144 Å². The van der Waals surface area contributed by atoms with Crippen LogP contribution in [0.15, 0.2) is 18.2 Å². The topological polar surface area (TPSA) is 71.2 Å². The molecule has 0 aliphatic carbocycles. The van der Waals surface area contributed by atoms with Crippen LogP contribution in [-0.2, 0) is 4.74 Å². The maximum Gasteiger partial charge on any atom is 0.339 e. The Kier molecular flexibility index (Phi) is 5.29. The first kappa shape index (κ1) is 18.0. The number of Topliss-reactive ketones (excluding diaryl/α,β-unsaturated/α-hetero) is 1. The van der Waals surface area contributed by atoms with Crippen molar-refractivity contribution in [2.75, 3.05) is 12.4 Å². The summed E-state index contributed by atoms with van der Waals surface area (Å²) in [6, 6.07) is 3.53. The van der Waals surface area contributed by atoms with Crippen molar-refractivity contribution >= 4 is 29.0 Å². The number of nitrogens with one attached hydrogen (secondary N) is 2. The van der Waals surface area contributed by atoms with E-state index in [1.54, 1.807) is 20.8 Å². The van der Waals surface area contributed by atoms with Crippen molar-refractivity contribution in [3.05, 3.63) is 51.6 Å². The van der Waals surface area contributed by atoms with Gasteiger partial charge in [-0.1, -0.05) is 11.6 Å². The summed E-state index contributed by atoms with van der Waals surface area (Å²) in [6.45, 7) is 5.06. The number of methoxy groups -OCH3 is 1. The second-order valence-corrected chi connectivity index (χ2v) is 5.88. The number of carbonyl (C=O) groups excluding carboxylic acids is 2. The van der Waals surface area contributed by atoms with Crippen LogP contribution in [0.1, 0.15) is 39.0 Å². The molecule has 1 heterocycles. The number of rotatable bonds is 5. The van der Waals surface area contributed by atoms with Crippen LogP contribution in [0.5, 0.6) is 0 Å². The maximum atomic E-state index is 13.2. The van der Waals surface area contributed by atoms with Crippen molar-refractivity contribution in [1.82, 2.24) is 4.98 Å². The van der Waals surface area contributed by atoms with Gasteiger partial charge in [-0.05, 0) is 44.5 Å². The Morgan fingerprint density at radius 2 is 2.00 bits per heavy atom. The average Bonchev–Trinajstić information content (AvgIpc) is 2.84. The molecule has 0 aliphatic heterocycles. The van der Waals surface area contributed by atoms with Crippen molar-refractivity contribution in [3.8, 4) is 0 Å². The smallest absolute Gasteiger partial charge is 0.339 e. The molecule has 2 aromatic rings. The Morgan fingerprint density at radius 3 is 2.58 bits per heavy atom. The fraction of sp³-hybridized carbons (Fsp3) is 0.294. The lowest BCUT2D eigenvalue weighted by Gasteiger charge is -2.14. The second kappa shape index (κ2) is 7.05. The zero-order chi connectivity index (χ0) is 18.0. The van der Waals surface area contributed by atoms with Crippen molar-refractivity contribution in [3.63, 3.8) is 0 Å². The van der Waals surface area contributed by atoms with E-state index in [9.17, 15) is 14.0 Å². The third-order valence-corrected chi connectivity index (χ3v) is 4.06. The Bertz CT molecular complexity index is 801. The van der Waals surface area contributed by atoms with E-state index in [4.69, 9.17) is 16.3 Å². The molecule has 128 valence electrons. The van der Waals surface area contributed by atoms with Gasteiger partial charge in [0.1, 0.15) is 5.82 Å². The van der Waals surface area contributed by atoms with E-state index in [0.717, 1.165) is 0 Å². The number of aromatic nitrogens is 1. The highest BCUT2D eigenvalue weighted by Gasteiger charge is 2.25. The van der Waals surface area contributed by atoms with Gasteiger partial charge in [-0.25, -0.2) is 9.18 Å². The van der Waals surface area contributed by atoms with E-state index in [1.807, 2.05) is 0 Å². The Morgan fingerprint density at radius 1 is 1.33 bits per heavy atom. The lowest BCUT2D eigenvalue weighted by molar-refractivity contribution is 0.0599. The van der Waals surface area contributed by atoms with Crippen LogP contribution < -0.4 is 5.32 Å². The number of carbonyl (C=O) groups is 2. The number of hydrogen-bond donors (Lipinski definition) is 2. The number of esters is 1. The third kappa shape index (κ3) is 3.43. The molecule has 0 saturated carbocycles. The minimum atomic E-state index is -0.603. The monoisotopic (exact) mass is 352 g/mol. The van der Waals surface area contributed by atoms with Gasteiger partial charge in [0.05, 0.1) is 29.4 Å². The van der Waals surface area contributed by atoms with E-state index >= 15 is 0 Å². The first-order valence-electron chi connectivity index (χ1n) is 7.29. The van der Waals surface area contributed by atoms with Gasteiger partial charge in [0.25, 0.3) is 0 Å². The zero-order valence-corrected chi connectivity index (χ0v) is 14.5. The molecule has 0 amide bonds. The Balaban J connectivity index is 2.25. The van der Waals surface area contributed by atoms with Crippen LogP contribution in [0.3, 0.4) is 0 Å². The molecule has 5 nitrogen and oxygen atoms in total. The summed E-state index contributed by atoms with van der Waals surface area (Å²) in [4.78, 5) is 27.4. The van der Waals surface area contributed by atoms with E-state index < -0.39 is 17.8 Å². The van der Waals surface area contributed by atoms with Crippen molar-refractivity contribution in [2.24, 2.45) is 0 Å². The minimum absolute atomic E-state index is 0.0282. The van der Waals surface area contributed by atoms with E-state index in [1.165, 1.54) is 25.3 Å². The highest BCUT2D eigenvalue weighted by Crippen LogP contribution is 2.23. The summed E-state index contributed by atoms with van der Waals surface area (Å²) in [6.07, 6.45) is 0. The van der Waals surface area contributed by atoms with Crippen LogP contribution in [0.4, 0.5) is 10.1 Å². The van der Waals surface area contributed by atoms with Crippen LogP contribution in [0, 0.1) is 19.7 Å². The summed E-state index contributed by atoms with van der Waals surface area (Å²) in [5, 5.41) is 2.94. The standard InChI is InChI=1S/C17H18ClFN2O3/c1-8-14(17(23)24-4)9(2)21-15(8)16(22)10(3)20-11-5-6-13(19)12(18)7-11/h5-7,10,20-21H,1-4H3/t10-/m0/s1. The van der Waals surface area contributed by atoms with E-state index in [2.05, 4.69) is 10.3 Å². The molecule has 0 spiro atoms. The summed E-state index contributed by atoms with van der Waals surface area (Å²) < 4.78 is 17.9. The second-order valence-electron chi connectivity index (χ2n) is 5.48. The first-order valence-corrected chi connectivity index (χ1v) is 7.67. The zero-order valence-electron chi connectivity index (χ0n) is 13.8. The predicted molar refractivity (Wildman–Crippen MR) is 90.4 cm³/mol. The highest BCUT2D eigenvalue weighted by molar-refractivity contribution is 6.31. The molecule has 0 aliphatic rings. The van der Waals surface area contributed by atoms with E-state index in [-0.39, 0.29) is 10.8 Å². The molecule has 0 radical (unpaired) electrons. The van der Waals surface area contributed by atoms with Gasteiger partial charge in [0, 0.05) is 11.4 Å². The molecule has 1 aromatic carbocycles. The number of hydrogen-bond acceptors (Lipinski definition) is 4. The largest absolute Gasteiger partial charge is 0.465 e. The number of aromatic amines is 1. The van der Waals surface area contributed by atoms with Gasteiger partial charge < -0.3 is 15.0 Å². The van der Waals surface area contributed by atoms with Crippen LogP contribution in [0.25, 0.3) is 0 Å². The molecule has 7 heteroatoms. The molecule has 1 aromatic heterocycles. The summed E-state index contributed by atoms with van der Waals surface area (Å²) >= 11 is 5.74. The molecule has 2 N–H and O–H groups in total. The Hall–Kier alpha value is -2.34. The summed E-state index contributed by atoms with van der Waals surface area (Å²) in [7, 11) is 1.29.